The molecular weight excluding hydrogens is 306 g/mol. The second-order valence-electron chi connectivity index (χ2n) is 5.16. The molecule has 1 aliphatic rings. The lowest BCUT2D eigenvalue weighted by molar-refractivity contribution is -0.116. The van der Waals surface area contributed by atoms with Gasteiger partial charge < -0.3 is 5.32 Å². The second kappa shape index (κ2) is 7.24. The molecule has 116 valence electrons. The Hall–Kier alpha value is -2.40. The van der Waals surface area contributed by atoms with E-state index in [1.807, 2.05) is 12.1 Å². The Morgan fingerprint density at radius 2 is 2.00 bits per heavy atom. The fourth-order valence-electron chi connectivity index (χ4n) is 2.26. The maximum atomic E-state index is 11.1. The number of hydrogen-bond donors (Lipinski definition) is 1. The molecule has 0 bridgehead atoms. The number of aryl methyl sites for hydroxylation is 1. The molecule has 5 heteroatoms. The van der Waals surface area contributed by atoms with E-state index in [1.54, 1.807) is 6.21 Å². The average molecular weight is 323 g/mol. The number of amidine groups is 1. The number of nitrogens with one attached hydrogen (secondary N) is 1. The van der Waals surface area contributed by atoms with Crippen molar-refractivity contribution in [1.29, 1.82) is 0 Å². The van der Waals surface area contributed by atoms with Crippen molar-refractivity contribution in [3.63, 3.8) is 0 Å². The van der Waals surface area contributed by atoms with Crippen LogP contribution in [0.2, 0.25) is 0 Å². The quantitative estimate of drug-likeness (QED) is 0.692. The van der Waals surface area contributed by atoms with E-state index < -0.39 is 0 Å². The number of carbonyl (C=O) groups excluding carboxylic acids is 1. The van der Waals surface area contributed by atoms with Crippen LogP contribution in [0.3, 0.4) is 0 Å². The molecule has 1 aliphatic heterocycles. The molecule has 0 spiro atoms. The lowest BCUT2D eigenvalue weighted by Crippen LogP contribution is -2.19. The molecule has 4 nitrogen and oxygen atoms in total. The van der Waals surface area contributed by atoms with Gasteiger partial charge in [0.1, 0.15) is 0 Å². The van der Waals surface area contributed by atoms with Gasteiger partial charge in [0.05, 0.1) is 12.0 Å². The summed E-state index contributed by atoms with van der Waals surface area (Å²) in [4.78, 5) is 11.1. The highest BCUT2D eigenvalue weighted by Gasteiger charge is 2.15. The molecule has 1 amide bonds. The fourth-order valence-corrected chi connectivity index (χ4v) is 2.89. The van der Waals surface area contributed by atoms with Crippen molar-refractivity contribution in [2.24, 2.45) is 10.2 Å². The first-order valence-corrected chi connectivity index (χ1v) is 8.46. The smallest absolute Gasteiger partial charge is 0.236 e. The van der Waals surface area contributed by atoms with Crippen LogP contribution in [0.4, 0.5) is 0 Å². The number of nitrogens with zero attached hydrogens (tertiary/aromatic N) is 2. The minimum atomic E-state index is -0.0264. The van der Waals surface area contributed by atoms with Crippen molar-refractivity contribution in [2.75, 3.05) is 5.75 Å². The molecule has 1 saturated heterocycles. The highest BCUT2D eigenvalue weighted by Crippen LogP contribution is 2.20. The minimum absolute atomic E-state index is 0.0264. The molecule has 3 rings (SSSR count). The van der Waals surface area contributed by atoms with Crippen LogP contribution in [0.25, 0.3) is 11.1 Å². The molecule has 2 aromatic carbocycles. The van der Waals surface area contributed by atoms with Crippen molar-refractivity contribution in [3.8, 4) is 11.1 Å². The zero-order chi connectivity index (χ0) is 16.1. The fraction of sp³-hybridized carbons (Fsp3) is 0.167. The summed E-state index contributed by atoms with van der Waals surface area (Å²) in [5, 5.41) is 11.3. The maximum Gasteiger partial charge on any atom is 0.236 e. The Balaban J connectivity index is 1.75. The second-order valence-corrected chi connectivity index (χ2v) is 6.13. The summed E-state index contributed by atoms with van der Waals surface area (Å²) in [7, 11) is 0. The van der Waals surface area contributed by atoms with E-state index in [-0.39, 0.29) is 5.91 Å². The number of benzene rings is 2. The Kier molecular flexibility index (Phi) is 4.88. The third-order valence-electron chi connectivity index (χ3n) is 3.52. The van der Waals surface area contributed by atoms with Crippen LogP contribution in [0, 0.1) is 0 Å². The van der Waals surface area contributed by atoms with Gasteiger partial charge in [-0.2, -0.15) is 5.10 Å². The SMILES string of the molecule is CCc1ccc(-c2cccc(C=NN=C3NC(=O)CS3)c2)cc1. The first-order chi connectivity index (χ1) is 11.2. The third-order valence-corrected chi connectivity index (χ3v) is 4.39. The van der Waals surface area contributed by atoms with Gasteiger partial charge in [-0.25, -0.2) is 0 Å². The Morgan fingerprint density at radius 3 is 2.70 bits per heavy atom. The van der Waals surface area contributed by atoms with Gasteiger partial charge in [-0.15, -0.1) is 5.10 Å². The predicted octanol–water partition coefficient (Wildman–Crippen LogP) is 3.47. The molecule has 0 aliphatic carbocycles. The van der Waals surface area contributed by atoms with Gasteiger partial charge in [-0.05, 0) is 34.7 Å². The van der Waals surface area contributed by atoms with Crippen molar-refractivity contribution < 1.29 is 4.79 Å². The molecule has 23 heavy (non-hydrogen) atoms. The molecule has 1 fully saturated rings. The molecular formula is C18H17N3OS. The lowest BCUT2D eigenvalue weighted by atomic mass is 10.0. The van der Waals surface area contributed by atoms with Gasteiger partial charge in [0.2, 0.25) is 5.91 Å². The molecule has 2 aromatic rings. The Morgan fingerprint density at radius 1 is 1.17 bits per heavy atom. The summed E-state index contributed by atoms with van der Waals surface area (Å²) < 4.78 is 0. The largest absolute Gasteiger partial charge is 0.303 e. The first kappa shape index (κ1) is 15.5. The van der Waals surface area contributed by atoms with Crippen molar-refractivity contribution in [2.45, 2.75) is 13.3 Å². The summed E-state index contributed by atoms with van der Waals surface area (Å²) in [5.41, 5.74) is 4.63. The van der Waals surface area contributed by atoms with Crippen molar-refractivity contribution >= 4 is 29.1 Å². The van der Waals surface area contributed by atoms with E-state index in [4.69, 9.17) is 0 Å². The van der Waals surface area contributed by atoms with Gasteiger partial charge >= 0.3 is 0 Å². The van der Waals surface area contributed by atoms with E-state index >= 15 is 0 Å². The number of carbonyl (C=O) groups is 1. The van der Waals surface area contributed by atoms with Crippen LogP contribution < -0.4 is 5.32 Å². The summed E-state index contributed by atoms with van der Waals surface area (Å²) >= 11 is 1.36. The molecule has 0 atom stereocenters. The summed E-state index contributed by atoms with van der Waals surface area (Å²) in [6, 6.07) is 16.7. The molecule has 1 heterocycles. The zero-order valence-electron chi connectivity index (χ0n) is 12.8. The van der Waals surface area contributed by atoms with Crippen molar-refractivity contribution in [1.82, 2.24) is 5.32 Å². The zero-order valence-corrected chi connectivity index (χ0v) is 13.6. The average Bonchev–Trinajstić information content (AvgIpc) is 3.00. The molecule has 1 N–H and O–H groups in total. The number of thioether (sulfide) groups is 1. The van der Waals surface area contributed by atoms with Crippen LogP contribution in [0.15, 0.2) is 58.7 Å². The maximum absolute atomic E-state index is 11.1. The standard InChI is InChI=1S/C18H17N3OS/c1-2-13-6-8-15(9-7-13)16-5-3-4-14(10-16)11-19-21-18-20-17(22)12-23-18/h3-11H,2,12H2,1H3,(H,20,21,22). The van der Waals surface area contributed by atoms with Gasteiger partial charge in [-0.3, -0.25) is 4.79 Å². The first-order valence-electron chi connectivity index (χ1n) is 7.47. The monoisotopic (exact) mass is 323 g/mol. The Bertz CT molecular complexity index is 766. The number of hydrogen-bond acceptors (Lipinski definition) is 4. The van der Waals surface area contributed by atoms with Crippen LogP contribution in [-0.2, 0) is 11.2 Å². The molecule has 0 saturated carbocycles. The molecule has 0 unspecified atom stereocenters. The van der Waals surface area contributed by atoms with Gasteiger partial charge in [-0.1, -0.05) is 61.2 Å². The van der Waals surface area contributed by atoms with Gasteiger partial charge in [0.25, 0.3) is 0 Å². The number of rotatable bonds is 4. The summed E-state index contributed by atoms with van der Waals surface area (Å²) in [5.74, 6) is 0.388. The summed E-state index contributed by atoms with van der Waals surface area (Å²) in [6.45, 7) is 2.15. The van der Waals surface area contributed by atoms with E-state index in [2.05, 4.69) is 58.8 Å². The van der Waals surface area contributed by atoms with Gasteiger partial charge in [0, 0.05) is 0 Å². The lowest BCUT2D eigenvalue weighted by Gasteiger charge is -2.04. The Labute approximate surface area is 139 Å². The highest BCUT2D eigenvalue weighted by atomic mass is 32.2. The predicted molar refractivity (Wildman–Crippen MR) is 96.9 cm³/mol. The van der Waals surface area contributed by atoms with E-state index in [0.717, 1.165) is 17.5 Å². The van der Waals surface area contributed by atoms with Gasteiger partial charge in [0.15, 0.2) is 5.17 Å². The van der Waals surface area contributed by atoms with Crippen LogP contribution >= 0.6 is 11.8 Å². The number of amides is 1. The van der Waals surface area contributed by atoms with Crippen LogP contribution in [0.5, 0.6) is 0 Å². The normalized spacial score (nSPS) is 16.2. The van der Waals surface area contributed by atoms with Crippen LogP contribution in [-0.4, -0.2) is 23.0 Å². The van der Waals surface area contributed by atoms with Crippen LogP contribution in [0.1, 0.15) is 18.1 Å². The molecule has 0 aromatic heterocycles. The minimum Gasteiger partial charge on any atom is -0.303 e. The third kappa shape index (κ3) is 4.07. The molecule has 0 radical (unpaired) electrons. The van der Waals surface area contributed by atoms with Crippen molar-refractivity contribution in [3.05, 3.63) is 59.7 Å². The topological polar surface area (TPSA) is 53.8 Å². The highest BCUT2D eigenvalue weighted by molar-refractivity contribution is 8.15. The summed E-state index contributed by atoms with van der Waals surface area (Å²) in [6.07, 6.45) is 2.74. The van der Waals surface area contributed by atoms with E-state index in [0.29, 0.717) is 10.9 Å². The van der Waals surface area contributed by atoms with E-state index in [9.17, 15) is 4.79 Å². The van der Waals surface area contributed by atoms with E-state index in [1.165, 1.54) is 22.9 Å².